The molecule has 1 rings (SSSR count). The number of nitrogens with zero attached hydrogens (tertiary/aromatic N) is 1. The lowest BCUT2D eigenvalue weighted by Gasteiger charge is -1.95. The molecule has 0 saturated carbocycles. The summed E-state index contributed by atoms with van der Waals surface area (Å²) in [6, 6.07) is 0. The van der Waals surface area contributed by atoms with E-state index in [2.05, 4.69) is 41.8 Å². The van der Waals surface area contributed by atoms with Crippen LogP contribution in [0.25, 0.3) is 0 Å². The molecule has 1 heterocycles. The second-order valence-electron chi connectivity index (χ2n) is 1.95. The van der Waals surface area contributed by atoms with Gasteiger partial charge in [0.1, 0.15) is 10.3 Å². The van der Waals surface area contributed by atoms with Crippen LogP contribution in [0.3, 0.4) is 0 Å². The number of aromatic nitrogens is 2. The summed E-state index contributed by atoms with van der Waals surface area (Å²) in [4.78, 5) is 17.6. The Bertz CT molecular complexity index is 297. The van der Waals surface area contributed by atoms with Gasteiger partial charge in [0.05, 0.1) is 0 Å². The molecule has 0 unspecified atom stereocenters. The zero-order chi connectivity index (χ0) is 8.27. The molecule has 1 N–H and O–H groups in total. The fraction of sp³-hybridized carbons (Fsp3) is 0.333. The highest BCUT2D eigenvalue weighted by Crippen LogP contribution is 1.99. The van der Waals surface area contributed by atoms with Crippen molar-refractivity contribution in [2.45, 2.75) is 6.42 Å². The van der Waals surface area contributed by atoms with Crippen LogP contribution in [0.2, 0.25) is 0 Å². The molecule has 0 aliphatic heterocycles. The largest absolute Gasteiger partial charge is 0.310 e. The van der Waals surface area contributed by atoms with Crippen LogP contribution in [0.15, 0.2) is 15.5 Å². The summed E-state index contributed by atoms with van der Waals surface area (Å²) in [7, 11) is 0. The Morgan fingerprint density at radius 3 is 2.91 bits per heavy atom. The van der Waals surface area contributed by atoms with Crippen molar-refractivity contribution >= 4 is 31.9 Å². The number of hydrogen-bond acceptors (Lipinski definition) is 2. The zero-order valence-electron chi connectivity index (χ0n) is 5.60. The summed E-state index contributed by atoms with van der Waals surface area (Å²) in [5.74, 6) is 0.704. The molecule has 11 heavy (non-hydrogen) atoms. The van der Waals surface area contributed by atoms with Gasteiger partial charge in [-0.1, -0.05) is 15.9 Å². The van der Waals surface area contributed by atoms with Gasteiger partial charge in [-0.2, -0.15) is 0 Å². The summed E-state index contributed by atoms with van der Waals surface area (Å²) >= 11 is 6.32. The molecule has 0 aliphatic carbocycles. The van der Waals surface area contributed by atoms with Crippen molar-refractivity contribution in [3.05, 3.63) is 26.8 Å². The highest BCUT2D eigenvalue weighted by Gasteiger charge is 1.97. The molecule has 0 amide bonds. The molecule has 0 radical (unpaired) electrons. The molecule has 0 bridgehead atoms. The van der Waals surface area contributed by atoms with Gasteiger partial charge < -0.3 is 4.98 Å². The first kappa shape index (κ1) is 8.93. The minimum Gasteiger partial charge on any atom is -0.310 e. The van der Waals surface area contributed by atoms with Crippen LogP contribution in [0, 0.1) is 0 Å². The molecule has 60 valence electrons. The molecule has 1 aromatic rings. The second-order valence-corrected chi connectivity index (χ2v) is 3.59. The van der Waals surface area contributed by atoms with E-state index >= 15 is 0 Å². The molecule has 1 aromatic heterocycles. The molecule has 0 fully saturated rings. The van der Waals surface area contributed by atoms with Gasteiger partial charge in [-0.25, -0.2) is 4.98 Å². The maximum Gasteiger partial charge on any atom is 0.265 e. The van der Waals surface area contributed by atoms with Crippen molar-refractivity contribution in [3.8, 4) is 0 Å². The molecular weight excluding hydrogens is 276 g/mol. The average Bonchev–Trinajstić information content (AvgIpc) is 1.98. The number of aryl methyl sites for hydroxylation is 1. The number of nitrogens with one attached hydrogen (secondary N) is 1. The number of aromatic amines is 1. The zero-order valence-corrected chi connectivity index (χ0v) is 8.77. The molecular formula is C6H6Br2N2O. The summed E-state index contributed by atoms with van der Waals surface area (Å²) in [6.45, 7) is 0. The quantitative estimate of drug-likeness (QED) is 0.835. The first-order chi connectivity index (χ1) is 5.24. The first-order valence-electron chi connectivity index (χ1n) is 3.03. The Morgan fingerprint density at radius 2 is 2.36 bits per heavy atom. The standard InChI is InChI=1S/C6H6Br2N2O/c7-2-1-5-9-3-4(8)6(11)10-5/h3H,1-2H2,(H,9,10,11). The monoisotopic (exact) mass is 280 g/mol. The highest BCUT2D eigenvalue weighted by molar-refractivity contribution is 9.10. The fourth-order valence-corrected chi connectivity index (χ4v) is 1.21. The number of H-pyrrole nitrogens is 1. The fourth-order valence-electron chi connectivity index (χ4n) is 0.633. The smallest absolute Gasteiger partial charge is 0.265 e. The average molecular weight is 282 g/mol. The van der Waals surface area contributed by atoms with Crippen molar-refractivity contribution in [2.75, 3.05) is 5.33 Å². The van der Waals surface area contributed by atoms with Gasteiger partial charge in [-0.15, -0.1) is 0 Å². The highest BCUT2D eigenvalue weighted by atomic mass is 79.9. The normalized spacial score (nSPS) is 10.0. The lowest BCUT2D eigenvalue weighted by molar-refractivity contribution is 0.923. The molecule has 0 atom stereocenters. The Morgan fingerprint density at radius 1 is 1.64 bits per heavy atom. The van der Waals surface area contributed by atoms with Gasteiger partial charge >= 0.3 is 0 Å². The van der Waals surface area contributed by atoms with E-state index in [0.29, 0.717) is 10.3 Å². The van der Waals surface area contributed by atoms with Gasteiger partial charge in [0.2, 0.25) is 0 Å². The minimum absolute atomic E-state index is 0.129. The maximum absolute atomic E-state index is 11.0. The number of rotatable bonds is 2. The summed E-state index contributed by atoms with van der Waals surface area (Å²) in [6.07, 6.45) is 2.25. The van der Waals surface area contributed by atoms with Gasteiger partial charge in [0.25, 0.3) is 5.56 Å². The van der Waals surface area contributed by atoms with E-state index in [1.54, 1.807) is 0 Å². The third-order valence-corrected chi connectivity index (χ3v) is 2.10. The molecule has 0 aliphatic rings. The second kappa shape index (κ2) is 4.01. The molecule has 0 spiro atoms. The van der Waals surface area contributed by atoms with E-state index in [1.165, 1.54) is 6.20 Å². The van der Waals surface area contributed by atoms with Crippen molar-refractivity contribution in [2.24, 2.45) is 0 Å². The van der Waals surface area contributed by atoms with Crippen LogP contribution in [0.4, 0.5) is 0 Å². The summed E-state index contributed by atoms with van der Waals surface area (Å²) < 4.78 is 0.468. The Hall–Kier alpha value is -0.160. The van der Waals surface area contributed by atoms with Crippen molar-refractivity contribution in [1.29, 1.82) is 0 Å². The predicted octanol–water partition coefficient (Wildman–Crippen LogP) is 1.47. The van der Waals surface area contributed by atoms with Crippen LogP contribution >= 0.6 is 31.9 Å². The molecule has 0 aromatic carbocycles. The molecule has 3 nitrogen and oxygen atoms in total. The Labute approximate surface area is 80.5 Å². The Balaban J connectivity index is 2.96. The van der Waals surface area contributed by atoms with Crippen molar-refractivity contribution in [1.82, 2.24) is 9.97 Å². The number of alkyl halides is 1. The van der Waals surface area contributed by atoms with E-state index < -0.39 is 0 Å². The molecule has 0 saturated heterocycles. The van der Waals surface area contributed by atoms with Crippen LogP contribution in [-0.4, -0.2) is 15.3 Å². The Kier molecular flexibility index (Phi) is 3.26. The van der Waals surface area contributed by atoms with Crippen LogP contribution in [0.1, 0.15) is 5.82 Å². The van der Waals surface area contributed by atoms with E-state index in [0.717, 1.165) is 11.8 Å². The van der Waals surface area contributed by atoms with Crippen LogP contribution in [-0.2, 0) is 6.42 Å². The summed E-state index contributed by atoms with van der Waals surface area (Å²) in [5.41, 5.74) is -0.129. The van der Waals surface area contributed by atoms with Crippen molar-refractivity contribution < 1.29 is 0 Å². The minimum atomic E-state index is -0.129. The van der Waals surface area contributed by atoms with E-state index in [9.17, 15) is 4.79 Å². The van der Waals surface area contributed by atoms with Gasteiger partial charge in [0.15, 0.2) is 0 Å². The third kappa shape index (κ3) is 2.41. The van der Waals surface area contributed by atoms with Gasteiger partial charge in [0, 0.05) is 17.9 Å². The topological polar surface area (TPSA) is 45.8 Å². The lowest BCUT2D eigenvalue weighted by atomic mass is 10.4. The van der Waals surface area contributed by atoms with E-state index in [1.807, 2.05) is 0 Å². The van der Waals surface area contributed by atoms with Crippen LogP contribution < -0.4 is 5.56 Å². The van der Waals surface area contributed by atoms with Gasteiger partial charge in [-0.3, -0.25) is 4.79 Å². The summed E-state index contributed by atoms with van der Waals surface area (Å²) in [5, 5.41) is 0.803. The SMILES string of the molecule is O=c1[nH]c(CCBr)ncc1Br. The van der Waals surface area contributed by atoms with Crippen LogP contribution in [0.5, 0.6) is 0 Å². The molecule has 5 heteroatoms. The number of halogens is 2. The van der Waals surface area contributed by atoms with Gasteiger partial charge in [-0.05, 0) is 15.9 Å². The van der Waals surface area contributed by atoms with Crippen molar-refractivity contribution in [3.63, 3.8) is 0 Å². The first-order valence-corrected chi connectivity index (χ1v) is 4.95. The van der Waals surface area contributed by atoms with E-state index in [4.69, 9.17) is 0 Å². The third-order valence-electron chi connectivity index (χ3n) is 1.14. The number of hydrogen-bond donors (Lipinski definition) is 1. The van der Waals surface area contributed by atoms with E-state index in [-0.39, 0.29) is 5.56 Å². The lowest BCUT2D eigenvalue weighted by Crippen LogP contribution is -2.11. The maximum atomic E-state index is 11.0. The predicted molar refractivity (Wildman–Crippen MR) is 50.1 cm³/mol.